The molecule has 0 heterocycles. The number of nitrogens with one attached hydrogen (secondary N) is 1. The summed E-state index contributed by atoms with van der Waals surface area (Å²) in [6, 6.07) is 0. The largest absolute Gasteiger partial charge is 0.368 e. The molecule has 1 aliphatic rings. The molecular formula is C14H29N3O. The van der Waals surface area contributed by atoms with Crippen LogP contribution in [0.3, 0.4) is 0 Å². The van der Waals surface area contributed by atoms with Gasteiger partial charge >= 0.3 is 0 Å². The Morgan fingerprint density at radius 3 is 2.17 bits per heavy atom. The van der Waals surface area contributed by atoms with Crippen molar-refractivity contribution in [2.24, 2.45) is 11.7 Å². The van der Waals surface area contributed by atoms with Gasteiger partial charge in [0.25, 0.3) is 0 Å². The van der Waals surface area contributed by atoms with E-state index in [1.807, 2.05) is 6.92 Å². The number of carbonyl (C=O) groups is 1. The average Bonchev–Trinajstić information content (AvgIpc) is 3.12. The van der Waals surface area contributed by atoms with E-state index in [2.05, 4.69) is 24.1 Å². The summed E-state index contributed by atoms with van der Waals surface area (Å²) in [7, 11) is 0. The lowest BCUT2D eigenvalue weighted by atomic mass is 9.91. The molecule has 4 nitrogen and oxygen atoms in total. The standard InChI is InChI=1S/C14H29N3O/c1-4-9-17(10-5-2)11-14(13(15)18,16-6-3)12-7-8-12/h12,16H,4-11H2,1-3H3,(H2,15,18). The number of likely N-dealkylation sites (N-methyl/N-ethyl adjacent to an activating group) is 1. The number of carbonyl (C=O) groups excluding carboxylic acids is 1. The van der Waals surface area contributed by atoms with E-state index >= 15 is 0 Å². The summed E-state index contributed by atoms with van der Waals surface area (Å²) < 4.78 is 0. The Bertz CT molecular complexity index is 260. The first-order valence-electron chi connectivity index (χ1n) is 7.38. The molecule has 0 radical (unpaired) electrons. The normalized spacial score (nSPS) is 18.9. The summed E-state index contributed by atoms with van der Waals surface area (Å²) in [4.78, 5) is 14.4. The Hall–Kier alpha value is -0.610. The first-order chi connectivity index (χ1) is 8.60. The molecule has 1 atom stereocenters. The molecule has 4 heteroatoms. The Morgan fingerprint density at radius 2 is 1.83 bits per heavy atom. The number of nitrogens with two attached hydrogens (primary N) is 1. The van der Waals surface area contributed by atoms with Gasteiger partial charge in [-0.15, -0.1) is 0 Å². The van der Waals surface area contributed by atoms with Crippen molar-refractivity contribution < 1.29 is 4.79 Å². The van der Waals surface area contributed by atoms with E-state index in [-0.39, 0.29) is 5.91 Å². The minimum absolute atomic E-state index is 0.177. The Kier molecular flexibility index (Phi) is 6.09. The minimum Gasteiger partial charge on any atom is -0.368 e. The van der Waals surface area contributed by atoms with Gasteiger partial charge in [0.1, 0.15) is 5.54 Å². The van der Waals surface area contributed by atoms with E-state index in [1.54, 1.807) is 0 Å². The lowest BCUT2D eigenvalue weighted by Gasteiger charge is -2.37. The second-order valence-corrected chi connectivity index (χ2v) is 5.42. The molecule has 1 aliphatic carbocycles. The molecule has 1 saturated carbocycles. The van der Waals surface area contributed by atoms with Crippen molar-refractivity contribution >= 4 is 5.91 Å². The molecular weight excluding hydrogens is 226 g/mol. The SMILES string of the molecule is CCCN(CCC)CC(NCC)(C(N)=O)C1CC1. The molecule has 1 amide bonds. The van der Waals surface area contributed by atoms with Gasteiger partial charge < -0.3 is 16.0 Å². The highest BCUT2D eigenvalue weighted by atomic mass is 16.1. The molecule has 0 aromatic heterocycles. The molecule has 3 N–H and O–H groups in total. The van der Waals surface area contributed by atoms with Crippen molar-refractivity contribution in [1.82, 2.24) is 10.2 Å². The summed E-state index contributed by atoms with van der Waals surface area (Å²) in [5, 5.41) is 3.39. The Morgan fingerprint density at radius 1 is 1.28 bits per heavy atom. The Balaban J connectivity index is 2.77. The van der Waals surface area contributed by atoms with Crippen LogP contribution in [0.2, 0.25) is 0 Å². The van der Waals surface area contributed by atoms with Crippen LogP contribution in [-0.2, 0) is 4.79 Å². The zero-order chi connectivity index (χ0) is 13.6. The van der Waals surface area contributed by atoms with Crippen LogP contribution in [0.5, 0.6) is 0 Å². The van der Waals surface area contributed by atoms with E-state index in [1.165, 1.54) is 0 Å². The molecule has 0 saturated heterocycles. The monoisotopic (exact) mass is 255 g/mol. The molecule has 1 unspecified atom stereocenters. The summed E-state index contributed by atoms with van der Waals surface area (Å²) in [5.41, 5.74) is 5.21. The molecule has 18 heavy (non-hydrogen) atoms. The molecule has 0 aliphatic heterocycles. The zero-order valence-electron chi connectivity index (χ0n) is 12.2. The van der Waals surface area contributed by atoms with Crippen LogP contribution in [-0.4, -0.2) is 42.5 Å². The second-order valence-electron chi connectivity index (χ2n) is 5.42. The van der Waals surface area contributed by atoms with Gasteiger partial charge in [0.05, 0.1) is 0 Å². The van der Waals surface area contributed by atoms with E-state index in [0.29, 0.717) is 5.92 Å². The summed E-state index contributed by atoms with van der Waals surface area (Å²) in [5.74, 6) is 0.259. The van der Waals surface area contributed by atoms with Crippen LogP contribution < -0.4 is 11.1 Å². The first kappa shape index (κ1) is 15.4. The fourth-order valence-electron chi connectivity index (χ4n) is 2.84. The van der Waals surface area contributed by atoms with Crippen molar-refractivity contribution in [3.05, 3.63) is 0 Å². The van der Waals surface area contributed by atoms with Gasteiger partial charge in [-0.05, 0) is 51.2 Å². The van der Waals surface area contributed by atoms with Crippen LogP contribution in [0.25, 0.3) is 0 Å². The van der Waals surface area contributed by atoms with Crippen molar-refractivity contribution in [3.63, 3.8) is 0 Å². The maximum Gasteiger partial charge on any atom is 0.239 e. The fourth-order valence-corrected chi connectivity index (χ4v) is 2.84. The van der Waals surface area contributed by atoms with E-state index in [0.717, 1.165) is 51.9 Å². The molecule has 0 bridgehead atoms. The average molecular weight is 255 g/mol. The van der Waals surface area contributed by atoms with Crippen LogP contribution in [0.4, 0.5) is 0 Å². The number of nitrogens with zero attached hydrogens (tertiary/aromatic N) is 1. The second kappa shape index (κ2) is 7.10. The highest BCUT2D eigenvalue weighted by molar-refractivity contribution is 5.86. The third-order valence-corrected chi connectivity index (χ3v) is 3.76. The topological polar surface area (TPSA) is 58.4 Å². The van der Waals surface area contributed by atoms with Crippen LogP contribution in [0.1, 0.15) is 46.5 Å². The van der Waals surface area contributed by atoms with Crippen LogP contribution >= 0.6 is 0 Å². The Labute approximate surface area is 111 Å². The lowest BCUT2D eigenvalue weighted by Crippen LogP contribution is -2.63. The summed E-state index contributed by atoms with van der Waals surface area (Å²) in [6.07, 6.45) is 4.49. The van der Waals surface area contributed by atoms with Gasteiger partial charge in [-0.25, -0.2) is 0 Å². The number of rotatable bonds is 10. The van der Waals surface area contributed by atoms with Gasteiger partial charge in [0.2, 0.25) is 5.91 Å². The van der Waals surface area contributed by atoms with Crippen molar-refractivity contribution in [1.29, 1.82) is 0 Å². The summed E-state index contributed by atoms with van der Waals surface area (Å²) in [6.45, 7) is 10.1. The minimum atomic E-state index is -0.501. The van der Waals surface area contributed by atoms with E-state index < -0.39 is 5.54 Å². The van der Waals surface area contributed by atoms with Crippen LogP contribution in [0.15, 0.2) is 0 Å². The molecule has 0 aromatic rings. The maximum absolute atomic E-state index is 12.0. The van der Waals surface area contributed by atoms with Crippen LogP contribution in [0, 0.1) is 5.92 Å². The van der Waals surface area contributed by atoms with Gasteiger partial charge in [0, 0.05) is 6.54 Å². The van der Waals surface area contributed by atoms with E-state index in [4.69, 9.17) is 5.73 Å². The van der Waals surface area contributed by atoms with E-state index in [9.17, 15) is 4.79 Å². The smallest absolute Gasteiger partial charge is 0.239 e. The van der Waals surface area contributed by atoms with Crippen molar-refractivity contribution in [3.8, 4) is 0 Å². The maximum atomic E-state index is 12.0. The summed E-state index contributed by atoms with van der Waals surface area (Å²) >= 11 is 0. The predicted molar refractivity (Wildman–Crippen MR) is 75.3 cm³/mol. The molecule has 1 rings (SSSR count). The lowest BCUT2D eigenvalue weighted by molar-refractivity contribution is -0.126. The molecule has 1 fully saturated rings. The van der Waals surface area contributed by atoms with Crippen molar-refractivity contribution in [2.75, 3.05) is 26.2 Å². The third kappa shape index (κ3) is 3.69. The third-order valence-electron chi connectivity index (χ3n) is 3.76. The number of hydrogen-bond acceptors (Lipinski definition) is 3. The number of amides is 1. The molecule has 106 valence electrons. The fraction of sp³-hybridized carbons (Fsp3) is 0.929. The molecule has 0 spiro atoms. The van der Waals surface area contributed by atoms with Crippen molar-refractivity contribution in [2.45, 2.75) is 52.0 Å². The quantitative estimate of drug-likeness (QED) is 0.619. The van der Waals surface area contributed by atoms with Gasteiger partial charge in [-0.1, -0.05) is 20.8 Å². The number of primary amides is 1. The molecule has 0 aromatic carbocycles. The van der Waals surface area contributed by atoms with Gasteiger partial charge in [-0.3, -0.25) is 4.79 Å². The van der Waals surface area contributed by atoms with Gasteiger partial charge in [0.15, 0.2) is 0 Å². The first-order valence-corrected chi connectivity index (χ1v) is 7.38. The highest BCUT2D eigenvalue weighted by Gasteiger charge is 2.49. The zero-order valence-corrected chi connectivity index (χ0v) is 12.2. The van der Waals surface area contributed by atoms with Gasteiger partial charge in [-0.2, -0.15) is 0 Å². The number of hydrogen-bond donors (Lipinski definition) is 2. The highest BCUT2D eigenvalue weighted by Crippen LogP contribution is 2.40. The predicted octanol–water partition coefficient (Wildman–Crippen LogP) is 1.35.